The van der Waals surface area contributed by atoms with E-state index in [0.717, 1.165) is 50.4 Å². The number of nitrogens with zero attached hydrogens (tertiary/aromatic N) is 5. The first-order valence-electron chi connectivity index (χ1n) is 11.9. The molecule has 0 aromatic carbocycles. The summed E-state index contributed by atoms with van der Waals surface area (Å²) in [6.07, 6.45) is 0.820. The molecule has 2 aliphatic heterocycles. The van der Waals surface area contributed by atoms with Gasteiger partial charge in [0.2, 0.25) is 0 Å². The van der Waals surface area contributed by atoms with Crippen molar-refractivity contribution in [3.63, 3.8) is 0 Å². The van der Waals surface area contributed by atoms with Crippen LogP contribution in [0, 0.1) is 17.3 Å². The summed E-state index contributed by atoms with van der Waals surface area (Å²) in [5.74, 6) is 3.10. The van der Waals surface area contributed by atoms with Crippen molar-refractivity contribution in [2.75, 3.05) is 24.6 Å². The molecule has 4 fully saturated rings. The molecule has 2 saturated carbocycles. The summed E-state index contributed by atoms with van der Waals surface area (Å²) in [7, 11) is -2.82. The lowest BCUT2D eigenvalue weighted by molar-refractivity contribution is -0.137. The number of fused-ring (bicyclic) bond motifs is 1. The van der Waals surface area contributed by atoms with E-state index >= 15 is 0 Å². The molecule has 4 aliphatic rings. The molecular formula is C23H28F3N5O2S. The molecule has 4 atom stereocenters. The minimum Gasteiger partial charge on any atom is -0.300 e. The third kappa shape index (κ3) is 3.66. The Kier molecular flexibility index (Phi) is 4.79. The first-order chi connectivity index (χ1) is 15.9. The molecule has 2 aromatic heterocycles. The van der Waals surface area contributed by atoms with Crippen molar-refractivity contribution in [2.24, 2.45) is 17.3 Å². The van der Waals surface area contributed by atoms with Crippen LogP contribution in [-0.2, 0) is 16.0 Å². The van der Waals surface area contributed by atoms with Gasteiger partial charge in [-0.3, -0.25) is 9.88 Å². The van der Waals surface area contributed by atoms with Crippen LogP contribution in [0.3, 0.4) is 0 Å². The van der Waals surface area contributed by atoms with Gasteiger partial charge in [0, 0.05) is 47.9 Å². The van der Waals surface area contributed by atoms with E-state index in [2.05, 4.69) is 15.0 Å². The van der Waals surface area contributed by atoms with Crippen LogP contribution in [-0.4, -0.2) is 63.7 Å². The fraction of sp³-hybridized carbons (Fsp3) is 0.696. The van der Waals surface area contributed by atoms with Gasteiger partial charge in [0.1, 0.15) is 5.82 Å². The topological polar surface area (TPSA) is 81.0 Å². The summed E-state index contributed by atoms with van der Waals surface area (Å²) in [5.41, 5.74) is -0.547. The smallest absolute Gasteiger partial charge is 0.300 e. The van der Waals surface area contributed by atoms with E-state index < -0.39 is 21.6 Å². The highest BCUT2D eigenvalue weighted by atomic mass is 32.2. The second kappa shape index (κ2) is 7.25. The number of rotatable bonds is 4. The second-order valence-corrected chi connectivity index (χ2v) is 13.1. The number of alkyl halides is 3. The average Bonchev–Trinajstić information content (AvgIpc) is 3.18. The van der Waals surface area contributed by atoms with E-state index in [4.69, 9.17) is 4.98 Å². The van der Waals surface area contributed by atoms with Crippen molar-refractivity contribution in [3.8, 4) is 11.4 Å². The Morgan fingerprint density at radius 2 is 1.85 bits per heavy atom. The van der Waals surface area contributed by atoms with E-state index in [1.165, 1.54) is 6.20 Å². The molecule has 0 N–H and O–H groups in total. The summed E-state index contributed by atoms with van der Waals surface area (Å²) in [6, 6.07) is 1.59. The van der Waals surface area contributed by atoms with Crippen molar-refractivity contribution in [1.29, 1.82) is 0 Å². The number of likely N-dealkylation sites (tertiary alicyclic amines) is 1. The standard InChI is InChI=1S/C23H28F3N5O2S/c1-13(2)31-21(28-20(29-31)14-5-15(9-27-8-14)23(24,25)26)19-17-6-16(7-18(17)19)30-4-3-22(10-30)11-34(32,33)12-22/h5,8-9,13,16-19H,3-4,6-7,10-12H2,1-2H3/t16-,17-,18+,19+. The summed E-state index contributed by atoms with van der Waals surface area (Å²) < 4.78 is 64.7. The largest absolute Gasteiger partial charge is 0.417 e. The minimum absolute atomic E-state index is 0.0171. The number of sulfone groups is 1. The fourth-order valence-electron chi connectivity index (χ4n) is 6.68. The van der Waals surface area contributed by atoms with E-state index in [1.54, 1.807) is 0 Å². The maximum absolute atomic E-state index is 13.1. The SMILES string of the molecule is CC(C)n1nc(-c2cncc(C(F)(F)F)c2)nc1[C@H]1[C@@H]2C[C@@H](N3CCC4(C3)CS(=O)(=O)C4)C[C@@H]21. The Morgan fingerprint density at radius 3 is 2.47 bits per heavy atom. The van der Waals surface area contributed by atoms with Crippen LogP contribution in [0.2, 0.25) is 0 Å². The molecule has 6 rings (SSSR count). The molecule has 1 spiro atoms. The maximum Gasteiger partial charge on any atom is 0.417 e. The molecular weight excluding hydrogens is 467 g/mol. The van der Waals surface area contributed by atoms with Crippen LogP contribution in [0.1, 0.15) is 56.5 Å². The molecule has 0 radical (unpaired) electrons. The van der Waals surface area contributed by atoms with E-state index in [1.807, 2.05) is 18.5 Å². The average molecular weight is 496 g/mol. The maximum atomic E-state index is 13.1. The Hall–Kier alpha value is -2.01. The zero-order valence-electron chi connectivity index (χ0n) is 19.2. The Morgan fingerprint density at radius 1 is 1.15 bits per heavy atom. The van der Waals surface area contributed by atoms with Crippen molar-refractivity contribution < 1.29 is 21.6 Å². The van der Waals surface area contributed by atoms with Crippen LogP contribution >= 0.6 is 0 Å². The van der Waals surface area contributed by atoms with Gasteiger partial charge in [0.05, 0.1) is 17.1 Å². The molecule has 0 bridgehead atoms. The van der Waals surface area contributed by atoms with Gasteiger partial charge in [-0.25, -0.2) is 18.1 Å². The molecule has 2 saturated heterocycles. The first-order valence-corrected chi connectivity index (χ1v) is 13.7. The van der Waals surface area contributed by atoms with Crippen molar-refractivity contribution in [2.45, 2.75) is 57.3 Å². The molecule has 4 heterocycles. The number of hydrogen-bond acceptors (Lipinski definition) is 6. The number of aromatic nitrogens is 4. The van der Waals surface area contributed by atoms with Crippen LogP contribution in [0.15, 0.2) is 18.5 Å². The highest BCUT2D eigenvalue weighted by molar-refractivity contribution is 7.92. The van der Waals surface area contributed by atoms with E-state index in [-0.39, 0.29) is 28.8 Å². The van der Waals surface area contributed by atoms with Gasteiger partial charge < -0.3 is 0 Å². The monoisotopic (exact) mass is 495 g/mol. The first kappa shape index (κ1) is 22.5. The molecule has 0 unspecified atom stereocenters. The van der Waals surface area contributed by atoms with E-state index in [9.17, 15) is 21.6 Å². The molecule has 34 heavy (non-hydrogen) atoms. The molecule has 0 amide bonds. The zero-order chi connectivity index (χ0) is 24.0. The third-order valence-electron chi connectivity index (χ3n) is 8.23. The van der Waals surface area contributed by atoms with Crippen molar-refractivity contribution >= 4 is 9.84 Å². The molecule has 184 valence electrons. The van der Waals surface area contributed by atoms with Crippen LogP contribution in [0.5, 0.6) is 0 Å². The lowest BCUT2D eigenvalue weighted by Crippen LogP contribution is -2.50. The van der Waals surface area contributed by atoms with Gasteiger partial charge in [0.15, 0.2) is 15.7 Å². The van der Waals surface area contributed by atoms with Crippen LogP contribution in [0.25, 0.3) is 11.4 Å². The molecule has 2 aromatic rings. The summed E-state index contributed by atoms with van der Waals surface area (Å²) in [4.78, 5) is 11.0. The lowest BCUT2D eigenvalue weighted by Gasteiger charge is -2.38. The molecule has 11 heteroatoms. The zero-order valence-corrected chi connectivity index (χ0v) is 20.0. The second-order valence-electron chi connectivity index (χ2n) is 11.0. The fourth-order valence-corrected chi connectivity index (χ4v) is 8.94. The highest BCUT2D eigenvalue weighted by Crippen LogP contribution is 2.64. The summed E-state index contributed by atoms with van der Waals surface area (Å²) in [6.45, 7) is 5.86. The molecule has 7 nitrogen and oxygen atoms in total. The predicted octanol–water partition coefficient (Wildman–Crippen LogP) is 3.55. The Balaban J connectivity index is 1.17. The van der Waals surface area contributed by atoms with Gasteiger partial charge in [0.25, 0.3) is 0 Å². The van der Waals surface area contributed by atoms with E-state index in [0.29, 0.717) is 29.4 Å². The Labute approximate surface area is 196 Å². The third-order valence-corrected chi connectivity index (χ3v) is 10.3. The van der Waals surface area contributed by atoms with Gasteiger partial charge >= 0.3 is 6.18 Å². The number of halogens is 3. The number of pyridine rings is 1. The summed E-state index contributed by atoms with van der Waals surface area (Å²) in [5, 5.41) is 4.57. The van der Waals surface area contributed by atoms with Gasteiger partial charge in [-0.2, -0.15) is 18.3 Å². The minimum atomic E-state index is -4.47. The quantitative estimate of drug-likeness (QED) is 0.645. The van der Waals surface area contributed by atoms with Crippen LogP contribution in [0.4, 0.5) is 13.2 Å². The number of hydrogen-bond donors (Lipinski definition) is 0. The van der Waals surface area contributed by atoms with Crippen molar-refractivity contribution in [1.82, 2.24) is 24.6 Å². The van der Waals surface area contributed by atoms with Gasteiger partial charge in [-0.15, -0.1) is 0 Å². The highest BCUT2D eigenvalue weighted by Gasteiger charge is 2.61. The van der Waals surface area contributed by atoms with Gasteiger partial charge in [-0.1, -0.05) is 0 Å². The lowest BCUT2D eigenvalue weighted by atomic mass is 9.91. The van der Waals surface area contributed by atoms with Gasteiger partial charge in [-0.05, 0) is 57.6 Å². The molecule has 2 aliphatic carbocycles. The normalized spacial score (nSPS) is 31.7. The van der Waals surface area contributed by atoms with Crippen LogP contribution < -0.4 is 0 Å². The predicted molar refractivity (Wildman–Crippen MR) is 119 cm³/mol. The Bertz CT molecular complexity index is 1220. The van der Waals surface area contributed by atoms with Crippen molar-refractivity contribution in [3.05, 3.63) is 29.8 Å². The summed E-state index contributed by atoms with van der Waals surface area (Å²) >= 11 is 0.